The van der Waals surface area contributed by atoms with E-state index in [0.717, 1.165) is 21.9 Å². The molecule has 2 rings (SSSR count). The zero-order chi connectivity index (χ0) is 14.9. The Balaban J connectivity index is 2.21. The van der Waals surface area contributed by atoms with Gasteiger partial charge in [-0.1, -0.05) is 15.9 Å². The third-order valence-corrected chi connectivity index (χ3v) is 3.57. The van der Waals surface area contributed by atoms with Gasteiger partial charge in [-0.3, -0.25) is 4.79 Å². The fraction of sp³-hybridized carbons (Fsp3) is 0.467. The van der Waals surface area contributed by atoms with Crippen LogP contribution < -0.4 is 0 Å². The molecule has 20 heavy (non-hydrogen) atoms. The van der Waals surface area contributed by atoms with Crippen molar-refractivity contribution in [2.75, 3.05) is 6.54 Å². The number of ether oxygens (including phenoxy) is 1. The van der Waals surface area contributed by atoms with Crippen LogP contribution in [-0.2, 0) is 17.7 Å². The van der Waals surface area contributed by atoms with Crippen LogP contribution in [-0.4, -0.2) is 29.4 Å². The third kappa shape index (κ3) is 3.39. The normalized spacial score (nSPS) is 14.7. The van der Waals surface area contributed by atoms with E-state index in [1.165, 1.54) is 0 Å². The zero-order valence-corrected chi connectivity index (χ0v) is 13.5. The van der Waals surface area contributed by atoms with E-state index < -0.39 is 5.60 Å². The summed E-state index contributed by atoms with van der Waals surface area (Å²) in [6, 6.07) is 3.77. The minimum absolute atomic E-state index is 0.309. The standard InChI is InChI=1S/C15H18BrNO3/c1-15(2,3)20-14(19)17-5-4-13-10(8-17)6-12(16)7-11(13)9-18/h6-7,9H,4-5,8H2,1-3H3. The van der Waals surface area contributed by atoms with Crippen LogP contribution in [0, 0.1) is 0 Å². The number of aldehydes is 1. The number of carbonyl (C=O) groups is 2. The van der Waals surface area contributed by atoms with Gasteiger partial charge in [0.1, 0.15) is 11.9 Å². The van der Waals surface area contributed by atoms with E-state index >= 15 is 0 Å². The molecule has 1 aromatic rings. The van der Waals surface area contributed by atoms with Gasteiger partial charge in [0.05, 0.1) is 0 Å². The van der Waals surface area contributed by atoms with Gasteiger partial charge in [-0.2, -0.15) is 0 Å². The van der Waals surface area contributed by atoms with Gasteiger partial charge in [0, 0.05) is 23.1 Å². The molecule has 0 saturated heterocycles. The van der Waals surface area contributed by atoms with E-state index in [1.807, 2.05) is 32.9 Å². The van der Waals surface area contributed by atoms with Gasteiger partial charge in [0.25, 0.3) is 0 Å². The first-order valence-electron chi connectivity index (χ1n) is 6.54. The first-order chi connectivity index (χ1) is 9.30. The van der Waals surface area contributed by atoms with Crippen molar-refractivity contribution in [3.05, 3.63) is 33.3 Å². The molecule has 0 aromatic heterocycles. The molecule has 0 N–H and O–H groups in total. The molecular formula is C15H18BrNO3. The molecule has 0 radical (unpaired) electrons. The molecule has 0 saturated carbocycles. The summed E-state index contributed by atoms with van der Waals surface area (Å²) < 4.78 is 6.24. The Hall–Kier alpha value is -1.36. The molecule has 0 fully saturated rings. The van der Waals surface area contributed by atoms with E-state index in [4.69, 9.17) is 4.74 Å². The Morgan fingerprint density at radius 1 is 1.40 bits per heavy atom. The fourth-order valence-corrected chi connectivity index (χ4v) is 2.80. The molecule has 1 heterocycles. The molecular weight excluding hydrogens is 322 g/mol. The van der Waals surface area contributed by atoms with E-state index in [2.05, 4.69) is 15.9 Å². The number of hydrogen-bond acceptors (Lipinski definition) is 3. The van der Waals surface area contributed by atoms with Crippen molar-refractivity contribution in [1.29, 1.82) is 0 Å². The molecule has 0 aliphatic carbocycles. The molecule has 1 aromatic carbocycles. The van der Waals surface area contributed by atoms with Crippen molar-refractivity contribution in [1.82, 2.24) is 4.90 Å². The number of hydrogen-bond donors (Lipinski definition) is 0. The second-order valence-corrected chi connectivity index (χ2v) is 6.82. The van der Waals surface area contributed by atoms with Crippen molar-refractivity contribution in [2.24, 2.45) is 0 Å². The smallest absolute Gasteiger partial charge is 0.410 e. The summed E-state index contributed by atoms with van der Waals surface area (Å²) in [7, 11) is 0. The highest BCUT2D eigenvalue weighted by molar-refractivity contribution is 9.10. The minimum atomic E-state index is -0.497. The van der Waals surface area contributed by atoms with Crippen molar-refractivity contribution >= 4 is 28.3 Å². The lowest BCUT2D eigenvalue weighted by Crippen LogP contribution is -2.40. The zero-order valence-electron chi connectivity index (χ0n) is 11.9. The van der Waals surface area contributed by atoms with Crippen LogP contribution in [0.2, 0.25) is 0 Å². The predicted octanol–water partition coefficient (Wildman–Crippen LogP) is 3.55. The Bertz CT molecular complexity index is 549. The van der Waals surface area contributed by atoms with Crippen LogP contribution in [0.1, 0.15) is 42.3 Å². The predicted molar refractivity (Wildman–Crippen MR) is 79.9 cm³/mol. The summed E-state index contributed by atoms with van der Waals surface area (Å²) in [5, 5.41) is 0. The SMILES string of the molecule is CC(C)(C)OC(=O)N1CCc2c(C=O)cc(Br)cc2C1. The van der Waals surface area contributed by atoms with Crippen LogP contribution >= 0.6 is 15.9 Å². The first kappa shape index (κ1) is 15.0. The molecule has 5 heteroatoms. The van der Waals surface area contributed by atoms with Gasteiger partial charge in [0.15, 0.2) is 0 Å². The summed E-state index contributed by atoms with van der Waals surface area (Å²) in [5.74, 6) is 0. The molecule has 0 bridgehead atoms. The van der Waals surface area contributed by atoms with Crippen LogP contribution in [0.4, 0.5) is 4.79 Å². The quantitative estimate of drug-likeness (QED) is 0.735. The highest BCUT2D eigenvalue weighted by Crippen LogP contribution is 2.27. The average molecular weight is 340 g/mol. The molecule has 4 nitrogen and oxygen atoms in total. The Morgan fingerprint density at radius 2 is 2.10 bits per heavy atom. The van der Waals surface area contributed by atoms with Gasteiger partial charge in [-0.25, -0.2) is 4.79 Å². The summed E-state index contributed by atoms with van der Waals surface area (Å²) in [5.41, 5.74) is 2.22. The van der Waals surface area contributed by atoms with Gasteiger partial charge in [-0.05, 0) is 50.5 Å². The molecule has 1 aliphatic rings. The number of benzene rings is 1. The molecule has 0 atom stereocenters. The number of nitrogens with zero attached hydrogens (tertiary/aromatic N) is 1. The van der Waals surface area contributed by atoms with Gasteiger partial charge in [-0.15, -0.1) is 0 Å². The van der Waals surface area contributed by atoms with E-state index in [-0.39, 0.29) is 6.09 Å². The van der Waals surface area contributed by atoms with Gasteiger partial charge in [0.2, 0.25) is 0 Å². The topological polar surface area (TPSA) is 46.6 Å². The number of amides is 1. The molecule has 108 valence electrons. The van der Waals surface area contributed by atoms with E-state index in [0.29, 0.717) is 25.1 Å². The van der Waals surface area contributed by atoms with Crippen molar-refractivity contribution in [2.45, 2.75) is 39.3 Å². The molecule has 1 aliphatic heterocycles. The van der Waals surface area contributed by atoms with Crippen LogP contribution in [0.25, 0.3) is 0 Å². The minimum Gasteiger partial charge on any atom is -0.444 e. The summed E-state index contributed by atoms with van der Waals surface area (Å²) in [6.45, 7) is 6.60. The lowest BCUT2D eigenvalue weighted by Gasteiger charge is -2.31. The second kappa shape index (κ2) is 5.56. The maximum Gasteiger partial charge on any atom is 0.410 e. The van der Waals surface area contributed by atoms with Crippen LogP contribution in [0.15, 0.2) is 16.6 Å². The summed E-state index contributed by atoms with van der Waals surface area (Å²) >= 11 is 3.39. The van der Waals surface area contributed by atoms with E-state index in [1.54, 1.807) is 4.90 Å². The van der Waals surface area contributed by atoms with Crippen molar-refractivity contribution in [3.8, 4) is 0 Å². The van der Waals surface area contributed by atoms with Crippen molar-refractivity contribution < 1.29 is 14.3 Å². The number of fused-ring (bicyclic) bond motifs is 1. The summed E-state index contributed by atoms with van der Waals surface area (Å²) in [6.07, 6.45) is 1.23. The molecule has 0 spiro atoms. The average Bonchev–Trinajstić information content (AvgIpc) is 2.34. The largest absolute Gasteiger partial charge is 0.444 e. The van der Waals surface area contributed by atoms with Gasteiger partial charge >= 0.3 is 6.09 Å². The first-order valence-corrected chi connectivity index (χ1v) is 7.34. The number of halogens is 1. The third-order valence-electron chi connectivity index (χ3n) is 3.11. The molecule has 1 amide bonds. The lowest BCUT2D eigenvalue weighted by atomic mass is 9.95. The van der Waals surface area contributed by atoms with Crippen LogP contribution in [0.3, 0.4) is 0 Å². The molecule has 0 unspecified atom stereocenters. The number of rotatable bonds is 1. The van der Waals surface area contributed by atoms with Crippen molar-refractivity contribution in [3.63, 3.8) is 0 Å². The van der Waals surface area contributed by atoms with Crippen LogP contribution in [0.5, 0.6) is 0 Å². The highest BCUT2D eigenvalue weighted by Gasteiger charge is 2.26. The Kier molecular flexibility index (Phi) is 4.18. The lowest BCUT2D eigenvalue weighted by molar-refractivity contribution is 0.0224. The fourth-order valence-electron chi connectivity index (χ4n) is 2.28. The monoisotopic (exact) mass is 339 g/mol. The maximum atomic E-state index is 12.1. The number of carbonyl (C=O) groups excluding carboxylic acids is 2. The van der Waals surface area contributed by atoms with Gasteiger partial charge < -0.3 is 9.64 Å². The maximum absolute atomic E-state index is 12.1. The van der Waals surface area contributed by atoms with E-state index in [9.17, 15) is 9.59 Å². The summed E-state index contributed by atoms with van der Waals surface area (Å²) in [4.78, 5) is 24.9. The Morgan fingerprint density at radius 3 is 2.70 bits per heavy atom. The Labute approximate surface area is 127 Å². The highest BCUT2D eigenvalue weighted by atomic mass is 79.9. The second-order valence-electron chi connectivity index (χ2n) is 5.90.